The standard InChI is InChI=1S/C12H16FN3O/c1-8-7-16(5-4-15-8)11-3-2-9(13)6-10(11)12(14)17/h2-3,6,8,15H,4-5,7H2,1H3,(H2,14,17)/t8-/m1/s1. The first-order chi connectivity index (χ1) is 8.08. The van der Waals surface area contributed by atoms with Crippen LogP contribution in [-0.2, 0) is 0 Å². The lowest BCUT2D eigenvalue weighted by Gasteiger charge is -2.34. The molecule has 1 heterocycles. The summed E-state index contributed by atoms with van der Waals surface area (Å²) in [6, 6.07) is 4.52. The third-order valence-corrected chi connectivity index (χ3v) is 2.93. The van der Waals surface area contributed by atoms with E-state index in [0.29, 0.717) is 11.7 Å². The van der Waals surface area contributed by atoms with Crippen LogP contribution in [0.1, 0.15) is 17.3 Å². The van der Waals surface area contributed by atoms with Gasteiger partial charge in [-0.2, -0.15) is 0 Å². The van der Waals surface area contributed by atoms with E-state index in [0.717, 1.165) is 19.6 Å². The van der Waals surface area contributed by atoms with Crippen molar-refractivity contribution in [1.82, 2.24) is 5.32 Å². The summed E-state index contributed by atoms with van der Waals surface area (Å²) in [6.07, 6.45) is 0. The van der Waals surface area contributed by atoms with Crippen LogP contribution in [0.2, 0.25) is 0 Å². The predicted molar refractivity (Wildman–Crippen MR) is 64.6 cm³/mol. The summed E-state index contributed by atoms with van der Waals surface area (Å²) < 4.78 is 13.1. The van der Waals surface area contributed by atoms with E-state index in [4.69, 9.17) is 5.73 Å². The van der Waals surface area contributed by atoms with Crippen molar-refractivity contribution in [2.24, 2.45) is 5.73 Å². The van der Waals surface area contributed by atoms with Gasteiger partial charge < -0.3 is 16.0 Å². The highest BCUT2D eigenvalue weighted by atomic mass is 19.1. The third kappa shape index (κ3) is 2.55. The molecule has 0 aromatic heterocycles. The second kappa shape index (κ2) is 4.71. The number of hydrogen-bond donors (Lipinski definition) is 2. The lowest BCUT2D eigenvalue weighted by molar-refractivity contribution is 0.1000. The summed E-state index contributed by atoms with van der Waals surface area (Å²) in [7, 11) is 0. The molecular formula is C12H16FN3O. The van der Waals surface area contributed by atoms with Crippen molar-refractivity contribution < 1.29 is 9.18 Å². The maximum atomic E-state index is 13.1. The van der Waals surface area contributed by atoms with Crippen molar-refractivity contribution in [2.75, 3.05) is 24.5 Å². The van der Waals surface area contributed by atoms with Gasteiger partial charge in [0.05, 0.1) is 5.56 Å². The van der Waals surface area contributed by atoms with Crippen LogP contribution < -0.4 is 16.0 Å². The Balaban J connectivity index is 2.33. The molecule has 1 aliphatic rings. The monoisotopic (exact) mass is 237 g/mol. The topological polar surface area (TPSA) is 58.4 Å². The Labute approximate surface area is 99.6 Å². The minimum Gasteiger partial charge on any atom is -0.368 e. The third-order valence-electron chi connectivity index (χ3n) is 2.93. The molecule has 0 radical (unpaired) electrons. The molecule has 4 nitrogen and oxygen atoms in total. The molecule has 0 aliphatic carbocycles. The first-order valence-corrected chi connectivity index (χ1v) is 5.65. The number of primary amides is 1. The zero-order valence-corrected chi connectivity index (χ0v) is 9.74. The van der Waals surface area contributed by atoms with E-state index < -0.39 is 11.7 Å². The van der Waals surface area contributed by atoms with Gasteiger partial charge in [-0.3, -0.25) is 4.79 Å². The highest BCUT2D eigenvalue weighted by molar-refractivity contribution is 5.98. The van der Waals surface area contributed by atoms with Crippen LogP contribution in [0.25, 0.3) is 0 Å². The SMILES string of the molecule is C[C@@H]1CN(c2ccc(F)cc2C(N)=O)CCN1. The Hall–Kier alpha value is -1.62. The fraction of sp³-hybridized carbons (Fsp3) is 0.417. The molecule has 1 aromatic carbocycles. The number of nitrogens with two attached hydrogens (primary N) is 1. The number of piperazine rings is 1. The van der Waals surface area contributed by atoms with Crippen molar-refractivity contribution in [3.05, 3.63) is 29.6 Å². The molecule has 1 aliphatic heterocycles. The average molecular weight is 237 g/mol. The summed E-state index contributed by atoms with van der Waals surface area (Å²) >= 11 is 0. The summed E-state index contributed by atoms with van der Waals surface area (Å²) in [6.45, 7) is 4.48. The van der Waals surface area contributed by atoms with Crippen molar-refractivity contribution in [3.63, 3.8) is 0 Å². The van der Waals surface area contributed by atoms with Gasteiger partial charge in [0.2, 0.25) is 0 Å². The van der Waals surface area contributed by atoms with E-state index >= 15 is 0 Å². The Morgan fingerprint density at radius 3 is 3.00 bits per heavy atom. The number of nitrogens with one attached hydrogen (secondary N) is 1. The molecule has 3 N–H and O–H groups in total. The number of anilines is 1. The van der Waals surface area contributed by atoms with Gasteiger partial charge in [0.15, 0.2) is 0 Å². The Morgan fingerprint density at radius 2 is 2.35 bits per heavy atom. The second-order valence-corrected chi connectivity index (χ2v) is 4.33. The van der Waals surface area contributed by atoms with Crippen LogP contribution in [0.15, 0.2) is 18.2 Å². The number of nitrogens with zero attached hydrogens (tertiary/aromatic N) is 1. The molecule has 1 amide bonds. The van der Waals surface area contributed by atoms with Gasteiger partial charge in [-0.05, 0) is 25.1 Å². The number of halogens is 1. The zero-order chi connectivity index (χ0) is 12.4. The smallest absolute Gasteiger partial charge is 0.250 e. The maximum absolute atomic E-state index is 13.1. The van der Waals surface area contributed by atoms with Crippen LogP contribution in [0.3, 0.4) is 0 Å². The van der Waals surface area contributed by atoms with Crippen molar-refractivity contribution >= 4 is 11.6 Å². The Bertz CT molecular complexity index is 436. The average Bonchev–Trinajstić information content (AvgIpc) is 2.28. The van der Waals surface area contributed by atoms with Gasteiger partial charge in [0.25, 0.3) is 5.91 Å². The molecule has 1 aromatic rings. The summed E-state index contributed by atoms with van der Waals surface area (Å²) in [5.41, 5.74) is 6.24. The van der Waals surface area contributed by atoms with E-state index in [1.54, 1.807) is 6.07 Å². The molecule has 0 spiro atoms. The molecule has 1 saturated heterocycles. The molecule has 1 atom stereocenters. The highest BCUT2D eigenvalue weighted by Gasteiger charge is 2.20. The van der Waals surface area contributed by atoms with Crippen LogP contribution >= 0.6 is 0 Å². The van der Waals surface area contributed by atoms with Crippen LogP contribution in [-0.4, -0.2) is 31.6 Å². The van der Waals surface area contributed by atoms with Crippen molar-refractivity contribution in [1.29, 1.82) is 0 Å². The van der Waals surface area contributed by atoms with Crippen LogP contribution in [0, 0.1) is 5.82 Å². The van der Waals surface area contributed by atoms with Gasteiger partial charge >= 0.3 is 0 Å². The molecule has 0 unspecified atom stereocenters. The zero-order valence-electron chi connectivity index (χ0n) is 9.74. The lowest BCUT2D eigenvalue weighted by atomic mass is 10.1. The molecule has 0 saturated carbocycles. The van der Waals surface area contributed by atoms with E-state index in [9.17, 15) is 9.18 Å². The quantitative estimate of drug-likeness (QED) is 0.797. The Kier molecular flexibility index (Phi) is 3.28. The molecule has 1 fully saturated rings. The van der Waals surface area contributed by atoms with Gasteiger partial charge in [0, 0.05) is 31.4 Å². The van der Waals surface area contributed by atoms with Crippen molar-refractivity contribution in [3.8, 4) is 0 Å². The summed E-state index contributed by atoms with van der Waals surface area (Å²) in [5, 5.41) is 3.31. The fourth-order valence-corrected chi connectivity index (χ4v) is 2.13. The van der Waals surface area contributed by atoms with Gasteiger partial charge in [-0.25, -0.2) is 4.39 Å². The normalized spacial score (nSPS) is 20.4. The first-order valence-electron chi connectivity index (χ1n) is 5.65. The number of amides is 1. The number of carbonyl (C=O) groups is 1. The van der Waals surface area contributed by atoms with E-state index in [2.05, 4.69) is 17.1 Å². The van der Waals surface area contributed by atoms with E-state index in [-0.39, 0.29) is 5.56 Å². The predicted octanol–water partition coefficient (Wildman–Crippen LogP) is 0.723. The number of rotatable bonds is 2. The molecule has 0 bridgehead atoms. The second-order valence-electron chi connectivity index (χ2n) is 4.33. The Morgan fingerprint density at radius 1 is 1.59 bits per heavy atom. The molecular weight excluding hydrogens is 221 g/mol. The van der Waals surface area contributed by atoms with Crippen molar-refractivity contribution in [2.45, 2.75) is 13.0 Å². The lowest BCUT2D eigenvalue weighted by Crippen LogP contribution is -2.49. The molecule has 5 heteroatoms. The first kappa shape index (κ1) is 11.9. The van der Waals surface area contributed by atoms with E-state index in [1.807, 2.05) is 0 Å². The minimum absolute atomic E-state index is 0.249. The number of carbonyl (C=O) groups excluding carboxylic acids is 1. The van der Waals surface area contributed by atoms with Gasteiger partial charge in [-0.1, -0.05) is 0 Å². The minimum atomic E-state index is -0.592. The molecule has 17 heavy (non-hydrogen) atoms. The van der Waals surface area contributed by atoms with E-state index in [1.165, 1.54) is 12.1 Å². The number of hydrogen-bond acceptors (Lipinski definition) is 3. The van der Waals surface area contributed by atoms with Crippen LogP contribution in [0.5, 0.6) is 0 Å². The van der Waals surface area contributed by atoms with Gasteiger partial charge in [0.1, 0.15) is 5.82 Å². The molecule has 2 rings (SSSR count). The van der Waals surface area contributed by atoms with Gasteiger partial charge in [-0.15, -0.1) is 0 Å². The summed E-state index contributed by atoms with van der Waals surface area (Å²) in [4.78, 5) is 13.4. The number of benzene rings is 1. The maximum Gasteiger partial charge on any atom is 0.250 e. The largest absolute Gasteiger partial charge is 0.368 e. The van der Waals surface area contributed by atoms with Crippen LogP contribution in [0.4, 0.5) is 10.1 Å². The highest BCUT2D eigenvalue weighted by Crippen LogP contribution is 2.22. The summed E-state index contributed by atoms with van der Waals surface area (Å²) in [5.74, 6) is -1.03. The molecule has 92 valence electrons. The fourth-order valence-electron chi connectivity index (χ4n) is 2.13.